The summed E-state index contributed by atoms with van der Waals surface area (Å²) in [5, 5.41) is 23.1. The van der Waals surface area contributed by atoms with Crippen LogP contribution in [0.15, 0.2) is 60.8 Å². The van der Waals surface area contributed by atoms with Gasteiger partial charge in [0.25, 0.3) is 0 Å². The number of nitrogens with one attached hydrogen (secondary N) is 1. The van der Waals surface area contributed by atoms with Gasteiger partial charge in [0.05, 0.1) is 18.8 Å². The molecule has 278 valence electrons. The maximum Gasteiger partial charge on any atom is 0.220 e. The van der Waals surface area contributed by atoms with Gasteiger partial charge in [0.2, 0.25) is 5.91 Å². The molecule has 0 saturated carbocycles. The fourth-order valence-electron chi connectivity index (χ4n) is 5.92. The minimum absolute atomic E-state index is 0.0524. The second-order valence-electron chi connectivity index (χ2n) is 13.7. The van der Waals surface area contributed by atoms with E-state index >= 15 is 0 Å². The third-order valence-corrected chi connectivity index (χ3v) is 9.04. The molecular weight excluding hydrogens is 590 g/mol. The largest absolute Gasteiger partial charge is 0.394 e. The van der Waals surface area contributed by atoms with Crippen molar-refractivity contribution in [3.05, 3.63) is 60.8 Å². The van der Waals surface area contributed by atoms with Crippen molar-refractivity contribution < 1.29 is 15.0 Å². The molecule has 0 spiro atoms. The van der Waals surface area contributed by atoms with E-state index in [4.69, 9.17) is 0 Å². The molecule has 0 aliphatic carbocycles. The van der Waals surface area contributed by atoms with Crippen LogP contribution in [0.1, 0.15) is 194 Å². The van der Waals surface area contributed by atoms with Crippen LogP contribution < -0.4 is 5.32 Å². The molecule has 0 aliphatic rings. The van der Waals surface area contributed by atoms with Crippen molar-refractivity contribution >= 4 is 5.91 Å². The Labute approximate surface area is 298 Å². The highest BCUT2D eigenvalue weighted by Gasteiger charge is 2.19. The molecule has 0 heterocycles. The van der Waals surface area contributed by atoms with Gasteiger partial charge in [0, 0.05) is 6.42 Å². The van der Waals surface area contributed by atoms with E-state index in [1.165, 1.54) is 96.3 Å². The van der Waals surface area contributed by atoms with Gasteiger partial charge in [0.1, 0.15) is 0 Å². The van der Waals surface area contributed by atoms with Crippen LogP contribution in [0.3, 0.4) is 0 Å². The fourth-order valence-corrected chi connectivity index (χ4v) is 5.92. The highest BCUT2D eigenvalue weighted by atomic mass is 16.3. The molecule has 2 atom stereocenters. The SMILES string of the molecule is CC/C=C\C/C=C\C/C=C\C/C=C\C/C=C\CCCCCCCC(=O)NC(CO)C(O)CCCCCCCCCCCCCCCCC. The Hall–Kier alpha value is -1.91. The first-order valence-electron chi connectivity index (χ1n) is 20.5. The van der Waals surface area contributed by atoms with Crippen molar-refractivity contribution in [2.75, 3.05) is 6.61 Å². The highest BCUT2D eigenvalue weighted by Crippen LogP contribution is 2.15. The highest BCUT2D eigenvalue weighted by molar-refractivity contribution is 5.76. The van der Waals surface area contributed by atoms with E-state index < -0.39 is 12.1 Å². The van der Waals surface area contributed by atoms with Gasteiger partial charge in [-0.25, -0.2) is 0 Å². The summed E-state index contributed by atoms with van der Waals surface area (Å²) in [6, 6.07) is -0.549. The summed E-state index contributed by atoms with van der Waals surface area (Å²) in [7, 11) is 0. The quantitative estimate of drug-likeness (QED) is 0.0459. The molecule has 0 fully saturated rings. The average molecular weight is 670 g/mol. The van der Waals surface area contributed by atoms with E-state index in [1.54, 1.807) is 0 Å². The summed E-state index contributed by atoms with van der Waals surface area (Å²) in [4.78, 5) is 12.4. The molecule has 0 aromatic heterocycles. The summed E-state index contributed by atoms with van der Waals surface area (Å²) < 4.78 is 0. The average Bonchev–Trinajstić information content (AvgIpc) is 3.09. The van der Waals surface area contributed by atoms with Crippen LogP contribution in [-0.2, 0) is 4.79 Å². The van der Waals surface area contributed by atoms with Gasteiger partial charge < -0.3 is 15.5 Å². The number of unbranched alkanes of at least 4 members (excludes halogenated alkanes) is 19. The van der Waals surface area contributed by atoms with Crippen LogP contribution in [0.2, 0.25) is 0 Å². The number of aliphatic hydroxyl groups is 2. The standard InChI is InChI=1S/C44H79NO3/c1-3-5-7-9-11-13-15-17-19-20-21-22-23-24-26-28-30-32-34-36-38-40-44(48)45-42(41-46)43(47)39-37-35-33-31-29-27-25-18-16-14-12-10-8-6-4-2/h5,7,11,13,17,19,21-22,24,26,42-43,46-47H,3-4,6,8-10,12,14-16,18,20,23,25,27-41H2,1-2H3,(H,45,48)/b7-5-,13-11-,19-17-,22-21-,26-24-. The van der Waals surface area contributed by atoms with Crippen LogP contribution in [0, 0.1) is 0 Å². The van der Waals surface area contributed by atoms with E-state index in [0.29, 0.717) is 12.8 Å². The van der Waals surface area contributed by atoms with Crippen molar-refractivity contribution in [1.29, 1.82) is 0 Å². The lowest BCUT2D eigenvalue weighted by Crippen LogP contribution is -2.45. The maximum absolute atomic E-state index is 12.4. The Balaban J connectivity index is 3.63. The number of hydrogen-bond donors (Lipinski definition) is 3. The lowest BCUT2D eigenvalue weighted by molar-refractivity contribution is -0.123. The first kappa shape index (κ1) is 46.1. The second-order valence-corrected chi connectivity index (χ2v) is 13.7. The molecule has 2 unspecified atom stereocenters. The van der Waals surface area contributed by atoms with E-state index in [2.05, 4.69) is 79.9 Å². The van der Waals surface area contributed by atoms with Crippen LogP contribution in [0.5, 0.6) is 0 Å². The number of allylic oxidation sites excluding steroid dienone is 10. The van der Waals surface area contributed by atoms with E-state index in [-0.39, 0.29) is 12.5 Å². The lowest BCUT2D eigenvalue weighted by atomic mass is 10.0. The van der Waals surface area contributed by atoms with Gasteiger partial charge in [-0.15, -0.1) is 0 Å². The molecule has 0 aromatic carbocycles. The van der Waals surface area contributed by atoms with Crippen LogP contribution in [-0.4, -0.2) is 34.9 Å². The van der Waals surface area contributed by atoms with Crippen molar-refractivity contribution in [2.24, 2.45) is 0 Å². The van der Waals surface area contributed by atoms with Crippen molar-refractivity contribution in [3.8, 4) is 0 Å². The molecule has 3 N–H and O–H groups in total. The van der Waals surface area contributed by atoms with Crippen molar-refractivity contribution in [3.63, 3.8) is 0 Å². The van der Waals surface area contributed by atoms with Gasteiger partial charge >= 0.3 is 0 Å². The predicted molar refractivity (Wildman–Crippen MR) is 211 cm³/mol. The molecule has 0 bridgehead atoms. The zero-order chi connectivity index (χ0) is 35.0. The molecule has 0 saturated heterocycles. The number of carbonyl (C=O) groups excluding carboxylic acids is 1. The Morgan fingerprint density at radius 2 is 0.917 bits per heavy atom. The molecule has 0 aliphatic heterocycles. The van der Waals surface area contributed by atoms with Crippen molar-refractivity contribution in [1.82, 2.24) is 5.32 Å². The zero-order valence-electron chi connectivity index (χ0n) is 31.7. The Kier molecular flexibility index (Phi) is 38.0. The van der Waals surface area contributed by atoms with Crippen LogP contribution in [0.25, 0.3) is 0 Å². The number of rotatable bonds is 36. The number of amides is 1. The topological polar surface area (TPSA) is 69.6 Å². The summed E-state index contributed by atoms with van der Waals surface area (Å²) in [5.41, 5.74) is 0. The molecule has 4 nitrogen and oxygen atoms in total. The Morgan fingerprint density at radius 3 is 1.38 bits per heavy atom. The van der Waals surface area contributed by atoms with Gasteiger partial charge in [-0.2, -0.15) is 0 Å². The fraction of sp³-hybridized carbons (Fsp3) is 0.750. The summed E-state index contributed by atoms with van der Waals surface area (Å²) in [5.74, 6) is -0.0524. The van der Waals surface area contributed by atoms with E-state index in [1.807, 2.05) is 0 Å². The summed E-state index contributed by atoms with van der Waals surface area (Å²) >= 11 is 0. The Morgan fingerprint density at radius 1 is 0.521 bits per heavy atom. The Bertz CT molecular complexity index is 812. The van der Waals surface area contributed by atoms with E-state index in [0.717, 1.165) is 70.6 Å². The molecule has 1 amide bonds. The molecular formula is C44H79NO3. The minimum Gasteiger partial charge on any atom is -0.394 e. The smallest absolute Gasteiger partial charge is 0.220 e. The van der Waals surface area contributed by atoms with Gasteiger partial charge in [-0.3, -0.25) is 4.79 Å². The molecule has 4 heteroatoms. The molecule has 0 radical (unpaired) electrons. The lowest BCUT2D eigenvalue weighted by Gasteiger charge is -2.22. The second kappa shape index (κ2) is 39.5. The van der Waals surface area contributed by atoms with Gasteiger partial charge in [-0.1, -0.05) is 190 Å². The summed E-state index contributed by atoms with van der Waals surface area (Å²) in [6.45, 7) is 4.23. The normalized spacial score (nSPS) is 13.7. The zero-order valence-corrected chi connectivity index (χ0v) is 31.7. The van der Waals surface area contributed by atoms with Crippen LogP contribution in [0.4, 0.5) is 0 Å². The van der Waals surface area contributed by atoms with Crippen molar-refractivity contribution in [2.45, 2.75) is 206 Å². The molecule has 0 rings (SSSR count). The number of aliphatic hydroxyl groups excluding tert-OH is 2. The van der Waals surface area contributed by atoms with Gasteiger partial charge in [-0.05, 0) is 57.8 Å². The first-order valence-corrected chi connectivity index (χ1v) is 20.5. The third-order valence-electron chi connectivity index (χ3n) is 9.04. The van der Waals surface area contributed by atoms with Crippen LogP contribution >= 0.6 is 0 Å². The van der Waals surface area contributed by atoms with Gasteiger partial charge in [0.15, 0.2) is 0 Å². The van der Waals surface area contributed by atoms with E-state index in [9.17, 15) is 15.0 Å². The third kappa shape index (κ3) is 35.4. The molecule has 0 aromatic rings. The maximum atomic E-state index is 12.4. The monoisotopic (exact) mass is 670 g/mol. The summed E-state index contributed by atoms with van der Waals surface area (Å²) in [6.07, 6.45) is 54.2. The minimum atomic E-state index is -0.670. The first-order chi connectivity index (χ1) is 23.7. The predicted octanol–water partition coefficient (Wildman–Crippen LogP) is 12.6. The number of hydrogen-bond acceptors (Lipinski definition) is 3. The molecule has 48 heavy (non-hydrogen) atoms. The number of carbonyl (C=O) groups is 1.